The Hall–Kier alpha value is -0.630. The third-order valence-electron chi connectivity index (χ3n) is 3.75. The van der Waals surface area contributed by atoms with Gasteiger partial charge < -0.3 is 10.1 Å². The van der Waals surface area contributed by atoms with E-state index in [-0.39, 0.29) is 5.41 Å². The van der Waals surface area contributed by atoms with Gasteiger partial charge >= 0.3 is 0 Å². The number of unbranched alkanes of at least 4 members (excludes halogenated alkanes) is 1. The van der Waals surface area contributed by atoms with Gasteiger partial charge in [-0.05, 0) is 39.8 Å². The molecule has 19 heavy (non-hydrogen) atoms. The number of hydrogen-bond donors (Lipinski definition) is 1. The Morgan fingerprint density at radius 3 is 2.89 bits per heavy atom. The fourth-order valence-corrected chi connectivity index (χ4v) is 2.33. The van der Waals surface area contributed by atoms with Crippen molar-refractivity contribution in [2.24, 2.45) is 5.41 Å². The molecule has 1 rings (SSSR count). The summed E-state index contributed by atoms with van der Waals surface area (Å²) in [7, 11) is 0. The Labute approximate surface area is 118 Å². The van der Waals surface area contributed by atoms with Crippen molar-refractivity contribution < 1.29 is 4.74 Å². The Morgan fingerprint density at radius 2 is 2.21 bits per heavy atom. The molecule has 0 bridgehead atoms. The minimum Gasteiger partial charge on any atom is -0.374 e. The van der Waals surface area contributed by atoms with E-state index in [1.54, 1.807) is 0 Å². The molecule has 1 heterocycles. The van der Waals surface area contributed by atoms with E-state index in [1.807, 2.05) is 13.8 Å². The topological polar surface area (TPSA) is 48.3 Å². The SMILES string of the molecule is CCN1CCOC(CNCCCCC(C)(C)C#N)C1. The van der Waals surface area contributed by atoms with E-state index < -0.39 is 0 Å². The van der Waals surface area contributed by atoms with Gasteiger partial charge in [-0.3, -0.25) is 4.90 Å². The lowest BCUT2D eigenvalue weighted by atomic mass is 9.89. The predicted octanol–water partition coefficient (Wildman–Crippen LogP) is 2.02. The average Bonchev–Trinajstić information content (AvgIpc) is 2.43. The van der Waals surface area contributed by atoms with E-state index in [0.717, 1.165) is 58.6 Å². The normalized spacial score (nSPS) is 21.3. The fraction of sp³-hybridized carbons (Fsp3) is 0.933. The molecule has 4 nitrogen and oxygen atoms in total. The van der Waals surface area contributed by atoms with E-state index in [1.165, 1.54) is 0 Å². The highest BCUT2D eigenvalue weighted by molar-refractivity contribution is 4.91. The first-order valence-corrected chi connectivity index (χ1v) is 7.53. The Bertz CT molecular complexity index is 286. The number of rotatable bonds is 8. The first kappa shape index (κ1) is 16.4. The van der Waals surface area contributed by atoms with E-state index in [4.69, 9.17) is 10.00 Å². The van der Waals surface area contributed by atoms with Crippen molar-refractivity contribution >= 4 is 0 Å². The van der Waals surface area contributed by atoms with Crippen molar-refractivity contribution in [3.63, 3.8) is 0 Å². The summed E-state index contributed by atoms with van der Waals surface area (Å²) in [5.74, 6) is 0. The molecule has 1 unspecified atom stereocenters. The average molecular weight is 267 g/mol. The highest BCUT2D eigenvalue weighted by atomic mass is 16.5. The molecule has 1 fully saturated rings. The molecule has 0 aliphatic carbocycles. The maximum atomic E-state index is 8.93. The molecule has 0 spiro atoms. The van der Waals surface area contributed by atoms with E-state index in [0.29, 0.717) is 6.10 Å². The number of likely N-dealkylation sites (N-methyl/N-ethyl adjacent to an activating group) is 1. The van der Waals surface area contributed by atoms with Gasteiger partial charge in [0.1, 0.15) is 0 Å². The van der Waals surface area contributed by atoms with Gasteiger partial charge in [-0.25, -0.2) is 0 Å². The van der Waals surface area contributed by atoms with Crippen LogP contribution in [0.4, 0.5) is 0 Å². The minimum atomic E-state index is -0.173. The highest BCUT2D eigenvalue weighted by Gasteiger charge is 2.18. The van der Waals surface area contributed by atoms with Crippen molar-refractivity contribution in [3.05, 3.63) is 0 Å². The molecule has 0 aromatic carbocycles. The van der Waals surface area contributed by atoms with Crippen LogP contribution in [0.3, 0.4) is 0 Å². The van der Waals surface area contributed by atoms with Crippen LogP contribution < -0.4 is 5.32 Å². The van der Waals surface area contributed by atoms with Gasteiger partial charge in [0.2, 0.25) is 0 Å². The molecule has 4 heteroatoms. The molecule has 1 aliphatic rings. The van der Waals surface area contributed by atoms with Crippen molar-refractivity contribution in [1.29, 1.82) is 5.26 Å². The number of hydrogen-bond acceptors (Lipinski definition) is 4. The highest BCUT2D eigenvalue weighted by Crippen LogP contribution is 2.21. The summed E-state index contributed by atoms with van der Waals surface area (Å²) in [6, 6.07) is 2.35. The monoisotopic (exact) mass is 267 g/mol. The van der Waals surface area contributed by atoms with Crippen LogP contribution in [0.15, 0.2) is 0 Å². The number of nitriles is 1. The van der Waals surface area contributed by atoms with Crippen molar-refractivity contribution in [2.45, 2.75) is 46.1 Å². The van der Waals surface area contributed by atoms with Gasteiger partial charge in [-0.15, -0.1) is 0 Å². The summed E-state index contributed by atoms with van der Waals surface area (Å²) < 4.78 is 5.74. The molecular weight excluding hydrogens is 238 g/mol. The van der Waals surface area contributed by atoms with Crippen LogP contribution in [0.25, 0.3) is 0 Å². The smallest absolute Gasteiger partial charge is 0.0826 e. The maximum Gasteiger partial charge on any atom is 0.0826 e. The van der Waals surface area contributed by atoms with Crippen molar-refractivity contribution in [1.82, 2.24) is 10.2 Å². The second-order valence-electron chi connectivity index (χ2n) is 6.04. The van der Waals surface area contributed by atoms with Crippen LogP contribution in [0.2, 0.25) is 0 Å². The Balaban J connectivity index is 2.00. The van der Waals surface area contributed by atoms with E-state index >= 15 is 0 Å². The number of nitrogens with one attached hydrogen (secondary N) is 1. The van der Waals surface area contributed by atoms with Gasteiger partial charge in [0, 0.05) is 19.6 Å². The minimum absolute atomic E-state index is 0.173. The molecule has 1 saturated heterocycles. The third kappa shape index (κ3) is 6.91. The van der Waals surface area contributed by atoms with Gasteiger partial charge in [-0.1, -0.05) is 13.3 Å². The number of nitrogens with zero attached hydrogens (tertiary/aromatic N) is 2. The summed E-state index contributed by atoms with van der Waals surface area (Å²) in [4.78, 5) is 2.44. The molecule has 0 radical (unpaired) electrons. The van der Waals surface area contributed by atoms with Crippen molar-refractivity contribution in [3.8, 4) is 6.07 Å². The second-order valence-corrected chi connectivity index (χ2v) is 6.04. The van der Waals surface area contributed by atoms with Gasteiger partial charge in [0.05, 0.1) is 24.2 Å². The van der Waals surface area contributed by atoms with Crippen LogP contribution in [0.5, 0.6) is 0 Å². The lowest BCUT2D eigenvalue weighted by molar-refractivity contribution is -0.0251. The van der Waals surface area contributed by atoms with E-state index in [9.17, 15) is 0 Å². The van der Waals surface area contributed by atoms with Gasteiger partial charge in [0.25, 0.3) is 0 Å². The Kier molecular flexibility index (Phi) is 7.37. The molecule has 0 aromatic heterocycles. The first-order valence-electron chi connectivity index (χ1n) is 7.53. The maximum absolute atomic E-state index is 8.93. The molecule has 1 N–H and O–H groups in total. The molecule has 0 amide bonds. The summed E-state index contributed by atoms with van der Waals surface area (Å²) >= 11 is 0. The van der Waals surface area contributed by atoms with Crippen molar-refractivity contribution in [2.75, 3.05) is 39.3 Å². The number of ether oxygens (including phenoxy) is 1. The number of morpholine rings is 1. The molecule has 1 atom stereocenters. The zero-order valence-corrected chi connectivity index (χ0v) is 12.7. The predicted molar refractivity (Wildman–Crippen MR) is 78.0 cm³/mol. The van der Waals surface area contributed by atoms with Crippen LogP contribution >= 0.6 is 0 Å². The third-order valence-corrected chi connectivity index (χ3v) is 3.75. The van der Waals surface area contributed by atoms with E-state index in [2.05, 4.69) is 23.2 Å². The lowest BCUT2D eigenvalue weighted by Gasteiger charge is -2.32. The molecule has 110 valence electrons. The zero-order chi connectivity index (χ0) is 14.1. The van der Waals surface area contributed by atoms with Gasteiger partial charge in [0.15, 0.2) is 0 Å². The zero-order valence-electron chi connectivity index (χ0n) is 12.7. The van der Waals surface area contributed by atoms with Crippen LogP contribution in [0, 0.1) is 16.7 Å². The summed E-state index contributed by atoms with van der Waals surface area (Å²) in [6.45, 7) is 12.3. The molecule has 1 aliphatic heterocycles. The summed E-state index contributed by atoms with van der Waals surface area (Å²) in [5.41, 5.74) is -0.173. The quantitative estimate of drug-likeness (QED) is 0.684. The summed E-state index contributed by atoms with van der Waals surface area (Å²) in [5, 5.41) is 12.4. The lowest BCUT2D eigenvalue weighted by Crippen LogP contribution is -2.46. The first-order chi connectivity index (χ1) is 9.07. The second kappa shape index (κ2) is 8.52. The molecular formula is C15H29N3O. The van der Waals surface area contributed by atoms with Gasteiger partial charge in [-0.2, -0.15) is 5.26 Å². The largest absolute Gasteiger partial charge is 0.374 e. The fourth-order valence-electron chi connectivity index (χ4n) is 2.33. The van der Waals surface area contributed by atoms with Crippen LogP contribution in [-0.4, -0.2) is 50.3 Å². The van der Waals surface area contributed by atoms with Crippen LogP contribution in [-0.2, 0) is 4.74 Å². The molecule has 0 saturated carbocycles. The molecule has 0 aromatic rings. The Morgan fingerprint density at radius 1 is 1.42 bits per heavy atom. The standard InChI is InChI=1S/C15H29N3O/c1-4-18-9-10-19-14(12-18)11-17-8-6-5-7-15(2,3)13-16/h14,17H,4-12H2,1-3H3. The van der Waals surface area contributed by atoms with Crippen LogP contribution in [0.1, 0.15) is 40.0 Å². The summed E-state index contributed by atoms with van der Waals surface area (Å²) in [6.07, 6.45) is 3.56.